The van der Waals surface area contributed by atoms with E-state index in [0.717, 1.165) is 16.9 Å². The number of hydrogen-bond acceptors (Lipinski definition) is 2. The Kier molecular flexibility index (Phi) is 8.66. The van der Waals surface area contributed by atoms with Crippen molar-refractivity contribution in [3.8, 4) is 11.3 Å². The summed E-state index contributed by atoms with van der Waals surface area (Å²) in [6, 6.07) is 34.7. The van der Waals surface area contributed by atoms with Gasteiger partial charge in [-0.1, -0.05) is 47.1 Å². The van der Waals surface area contributed by atoms with Crippen LogP contribution in [0.5, 0.6) is 0 Å². The maximum Gasteiger partial charge on any atom is 3.00 e. The monoisotopic (exact) mass is 652 g/mol. The van der Waals surface area contributed by atoms with E-state index in [2.05, 4.69) is 105 Å². The van der Waals surface area contributed by atoms with E-state index >= 15 is 0 Å². The standard InChI is InChI=1S/C21H25N2.C11H8N.Ir/c1-16-11-10-12-17(2)19(16)23-15-22(18-13-8-7-9-14-18)20(3,4)21(23,5)6;1-2-6-10(7-3-1)11-8-4-5-9-12-11;/h7-13H,1-6H3;1-6,8-9H;/q2*-1;+3. The molecule has 1 aromatic heterocycles. The molecule has 0 unspecified atom stereocenters. The first-order valence-electron chi connectivity index (χ1n) is 12.0. The molecule has 0 bridgehead atoms. The van der Waals surface area contributed by atoms with Gasteiger partial charge in [-0.3, -0.25) is 0 Å². The third kappa shape index (κ3) is 5.35. The van der Waals surface area contributed by atoms with Gasteiger partial charge in [0.1, 0.15) is 11.1 Å². The van der Waals surface area contributed by atoms with Crippen molar-refractivity contribution in [3.05, 3.63) is 114 Å². The fraction of sp³-hybridized carbons (Fsp3) is 0.250. The van der Waals surface area contributed by atoms with Crippen LogP contribution in [0.1, 0.15) is 38.8 Å². The van der Waals surface area contributed by atoms with Crippen LogP contribution in [-0.2, 0) is 20.1 Å². The molecule has 4 aromatic rings. The van der Waals surface area contributed by atoms with Crippen molar-refractivity contribution in [2.24, 2.45) is 0 Å². The molecule has 0 spiro atoms. The van der Waals surface area contributed by atoms with Crippen LogP contribution in [0.4, 0.5) is 11.4 Å². The fourth-order valence-electron chi connectivity index (χ4n) is 4.34. The Balaban J connectivity index is 0.000000234. The van der Waals surface area contributed by atoms with Crippen LogP contribution >= 0.6 is 0 Å². The summed E-state index contributed by atoms with van der Waals surface area (Å²) in [5.41, 5.74) is 6.66. The van der Waals surface area contributed by atoms with Crippen LogP contribution < -0.4 is 4.90 Å². The van der Waals surface area contributed by atoms with E-state index in [-0.39, 0.29) is 31.2 Å². The fourth-order valence-corrected chi connectivity index (χ4v) is 4.34. The van der Waals surface area contributed by atoms with Gasteiger partial charge in [0.25, 0.3) is 0 Å². The van der Waals surface area contributed by atoms with Crippen LogP contribution in [0.25, 0.3) is 11.3 Å². The van der Waals surface area contributed by atoms with Gasteiger partial charge in [0.05, 0.1) is 0 Å². The number of hydrogen-bond donors (Lipinski definition) is 0. The van der Waals surface area contributed by atoms with Gasteiger partial charge in [-0.2, -0.15) is 24.3 Å². The van der Waals surface area contributed by atoms with Gasteiger partial charge in [0.2, 0.25) is 6.34 Å². The van der Waals surface area contributed by atoms with Gasteiger partial charge in [-0.25, -0.2) is 6.07 Å². The average Bonchev–Trinajstić information content (AvgIpc) is 3.05. The molecule has 0 fully saturated rings. The quantitative estimate of drug-likeness (QED) is 0.171. The minimum atomic E-state index is -0.112. The van der Waals surface area contributed by atoms with Crippen molar-refractivity contribution in [2.75, 3.05) is 4.90 Å². The van der Waals surface area contributed by atoms with E-state index in [9.17, 15) is 0 Å². The van der Waals surface area contributed by atoms with E-state index < -0.39 is 0 Å². The molecule has 2 heterocycles. The van der Waals surface area contributed by atoms with Crippen LogP contribution in [0.2, 0.25) is 0 Å². The van der Waals surface area contributed by atoms with Crippen molar-refractivity contribution in [1.82, 2.24) is 4.98 Å². The zero-order valence-electron chi connectivity index (χ0n) is 21.8. The van der Waals surface area contributed by atoms with Gasteiger partial charge >= 0.3 is 20.1 Å². The van der Waals surface area contributed by atoms with Crippen LogP contribution in [0.15, 0.2) is 91.1 Å². The second-order valence-electron chi connectivity index (χ2n) is 9.87. The Morgan fingerprint density at radius 3 is 1.94 bits per heavy atom. The van der Waals surface area contributed by atoms with Crippen molar-refractivity contribution in [3.63, 3.8) is 0 Å². The van der Waals surface area contributed by atoms with E-state index in [4.69, 9.17) is 0 Å². The normalized spacial score (nSPS) is 15.3. The molecule has 4 heteroatoms. The van der Waals surface area contributed by atoms with Crippen molar-refractivity contribution in [2.45, 2.75) is 52.6 Å². The van der Waals surface area contributed by atoms with E-state index in [1.807, 2.05) is 54.6 Å². The maximum absolute atomic E-state index is 4.22. The first kappa shape index (κ1) is 27.5. The maximum atomic E-state index is 4.22. The zero-order valence-corrected chi connectivity index (χ0v) is 24.2. The third-order valence-electron chi connectivity index (χ3n) is 7.06. The van der Waals surface area contributed by atoms with E-state index in [1.54, 1.807) is 6.20 Å². The molecule has 5 rings (SSSR count). The number of nitrogens with zero attached hydrogens (tertiary/aromatic N) is 3. The first-order valence-corrected chi connectivity index (χ1v) is 12.0. The Labute approximate surface area is 229 Å². The van der Waals surface area contributed by atoms with Gasteiger partial charge < -0.3 is 14.5 Å². The van der Waals surface area contributed by atoms with Crippen molar-refractivity contribution >= 4 is 17.7 Å². The van der Waals surface area contributed by atoms with Crippen LogP contribution in [0, 0.1) is 26.0 Å². The summed E-state index contributed by atoms with van der Waals surface area (Å²) >= 11 is 0. The molecule has 0 amide bonds. The molecule has 0 N–H and O–H groups in total. The van der Waals surface area contributed by atoms with Crippen molar-refractivity contribution in [1.29, 1.82) is 0 Å². The molecular weight excluding hydrogens is 619 g/mol. The molecule has 0 aliphatic carbocycles. The van der Waals surface area contributed by atoms with Gasteiger partial charge in [-0.05, 0) is 53.3 Å². The molecule has 3 nitrogen and oxygen atoms in total. The molecule has 36 heavy (non-hydrogen) atoms. The summed E-state index contributed by atoms with van der Waals surface area (Å²) in [5, 5.41) is 0. The summed E-state index contributed by atoms with van der Waals surface area (Å²) in [4.78, 5) is 6.52. The van der Waals surface area contributed by atoms with Crippen molar-refractivity contribution < 1.29 is 24.7 Å². The minimum absolute atomic E-state index is 0. The number of rotatable bonds is 3. The molecule has 0 atom stereocenters. The molecule has 1 aliphatic heterocycles. The number of aromatic nitrogens is 1. The Morgan fingerprint density at radius 2 is 1.39 bits per heavy atom. The summed E-state index contributed by atoms with van der Waals surface area (Å²) in [6.07, 6.45) is 5.41. The second-order valence-corrected chi connectivity index (χ2v) is 9.87. The minimum Gasteiger partial charge on any atom is -0.351 e. The summed E-state index contributed by atoms with van der Waals surface area (Å²) in [6.45, 7) is 13.5. The topological polar surface area (TPSA) is 19.1 Å². The number of para-hydroxylation sites is 2. The van der Waals surface area contributed by atoms with Gasteiger partial charge in [0, 0.05) is 11.9 Å². The predicted molar refractivity (Wildman–Crippen MR) is 145 cm³/mol. The molecule has 3 aromatic carbocycles. The largest absolute Gasteiger partial charge is 3.00 e. The second kappa shape index (κ2) is 11.3. The average molecular weight is 652 g/mol. The molecular formula is C32H33IrN3+. The number of benzene rings is 3. The molecule has 0 radical (unpaired) electrons. The van der Waals surface area contributed by atoms with Crippen LogP contribution in [0.3, 0.4) is 0 Å². The number of pyridine rings is 1. The number of aryl methyl sites for hydroxylation is 2. The SMILES string of the molecule is Cc1cccc(C)c1N1[C-]=[N+](c2[c-]cccc2)C(C)(C)C1(C)C.[Ir+3].[c-]1ccccc1-c1ccccn1. The third-order valence-corrected chi connectivity index (χ3v) is 7.06. The summed E-state index contributed by atoms with van der Waals surface area (Å²) in [7, 11) is 0. The van der Waals surface area contributed by atoms with Crippen LogP contribution in [-0.4, -0.2) is 27.0 Å². The Bertz CT molecular complexity index is 1240. The van der Waals surface area contributed by atoms with E-state index in [0.29, 0.717) is 0 Å². The Morgan fingerprint density at radius 1 is 0.750 bits per heavy atom. The first-order chi connectivity index (χ1) is 16.7. The number of anilines is 1. The smallest absolute Gasteiger partial charge is 0.351 e. The van der Waals surface area contributed by atoms with Gasteiger partial charge in [0.15, 0.2) is 0 Å². The summed E-state index contributed by atoms with van der Waals surface area (Å²) in [5.74, 6) is 0. The predicted octanol–water partition coefficient (Wildman–Crippen LogP) is 7.28. The molecule has 0 saturated carbocycles. The zero-order chi connectivity index (χ0) is 25.1. The summed E-state index contributed by atoms with van der Waals surface area (Å²) < 4.78 is 2.22. The molecule has 1 aliphatic rings. The Hall–Kier alpha value is -3.07. The molecule has 184 valence electrons. The van der Waals surface area contributed by atoms with Gasteiger partial charge in [-0.15, -0.1) is 35.9 Å². The molecule has 0 saturated heterocycles. The van der Waals surface area contributed by atoms with E-state index in [1.165, 1.54) is 16.8 Å².